The Balaban J connectivity index is 2.21. The van der Waals surface area contributed by atoms with Gasteiger partial charge in [-0.3, -0.25) is 9.36 Å². The lowest BCUT2D eigenvalue weighted by atomic mass is 10.2. The van der Waals surface area contributed by atoms with E-state index >= 15 is 0 Å². The van der Waals surface area contributed by atoms with Crippen LogP contribution in [0.1, 0.15) is 22.5 Å². The average molecular weight is 244 g/mol. The summed E-state index contributed by atoms with van der Waals surface area (Å²) in [4.78, 5) is 0. The number of hydrogen-bond acceptors (Lipinski definition) is 4. The molecule has 6 nitrogen and oxygen atoms in total. The summed E-state index contributed by atoms with van der Waals surface area (Å²) in [7, 11) is 3.74. The molecule has 2 rings (SSSR count). The lowest BCUT2D eigenvalue weighted by Gasteiger charge is -2.06. The zero-order valence-corrected chi connectivity index (χ0v) is 11.0. The molecule has 0 unspecified atom stereocenters. The Labute approximate surface area is 106 Å². The van der Waals surface area contributed by atoms with Gasteiger partial charge in [0.05, 0.1) is 11.9 Å². The third-order valence-electron chi connectivity index (χ3n) is 3.12. The van der Waals surface area contributed by atoms with Gasteiger partial charge in [-0.25, -0.2) is 0 Å². The number of anilines is 1. The van der Waals surface area contributed by atoms with Crippen LogP contribution in [0, 0.1) is 25.2 Å². The van der Waals surface area contributed by atoms with Crippen molar-refractivity contribution in [3.8, 4) is 6.07 Å². The molecule has 0 aliphatic carbocycles. The van der Waals surface area contributed by atoms with Gasteiger partial charge in [-0.05, 0) is 13.8 Å². The fourth-order valence-electron chi connectivity index (χ4n) is 1.89. The Morgan fingerprint density at radius 2 is 2.06 bits per heavy atom. The van der Waals surface area contributed by atoms with E-state index in [0.29, 0.717) is 12.1 Å². The van der Waals surface area contributed by atoms with Gasteiger partial charge in [-0.2, -0.15) is 15.5 Å². The van der Waals surface area contributed by atoms with Crippen molar-refractivity contribution in [1.82, 2.24) is 19.6 Å². The molecule has 6 heteroatoms. The molecule has 0 aliphatic heterocycles. The fraction of sp³-hybridized carbons (Fsp3) is 0.417. The predicted molar refractivity (Wildman–Crippen MR) is 67.9 cm³/mol. The second-order valence-corrected chi connectivity index (χ2v) is 4.28. The summed E-state index contributed by atoms with van der Waals surface area (Å²) in [5.74, 6) is 0.748. The first-order valence-electron chi connectivity index (χ1n) is 5.69. The van der Waals surface area contributed by atoms with Crippen LogP contribution in [-0.2, 0) is 20.6 Å². The van der Waals surface area contributed by atoms with Crippen molar-refractivity contribution < 1.29 is 0 Å². The van der Waals surface area contributed by atoms with E-state index in [0.717, 1.165) is 22.8 Å². The van der Waals surface area contributed by atoms with Crippen LogP contribution in [0.3, 0.4) is 0 Å². The molecule has 0 amide bonds. The lowest BCUT2D eigenvalue weighted by Crippen LogP contribution is -2.06. The van der Waals surface area contributed by atoms with E-state index in [1.54, 1.807) is 4.68 Å². The summed E-state index contributed by atoms with van der Waals surface area (Å²) < 4.78 is 3.52. The van der Waals surface area contributed by atoms with Crippen molar-refractivity contribution in [1.29, 1.82) is 5.26 Å². The van der Waals surface area contributed by atoms with Crippen LogP contribution in [0.15, 0.2) is 6.20 Å². The van der Waals surface area contributed by atoms with Crippen molar-refractivity contribution >= 4 is 5.82 Å². The van der Waals surface area contributed by atoms with Gasteiger partial charge in [0.25, 0.3) is 0 Å². The van der Waals surface area contributed by atoms with Gasteiger partial charge >= 0.3 is 0 Å². The summed E-state index contributed by atoms with van der Waals surface area (Å²) in [5, 5.41) is 20.8. The molecule has 0 fully saturated rings. The zero-order chi connectivity index (χ0) is 13.3. The molecule has 0 saturated carbocycles. The number of hydrogen-bond donors (Lipinski definition) is 1. The molecular formula is C12H16N6. The highest BCUT2D eigenvalue weighted by molar-refractivity contribution is 5.55. The van der Waals surface area contributed by atoms with E-state index in [1.165, 1.54) is 0 Å². The molecule has 0 aromatic carbocycles. The minimum Gasteiger partial charge on any atom is -0.365 e. The molecule has 1 N–H and O–H groups in total. The quantitative estimate of drug-likeness (QED) is 0.882. The predicted octanol–water partition coefficient (Wildman–Crippen LogP) is 1.25. The monoisotopic (exact) mass is 244 g/mol. The van der Waals surface area contributed by atoms with Crippen molar-refractivity contribution in [3.05, 3.63) is 28.7 Å². The normalized spacial score (nSPS) is 10.4. The van der Waals surface area contributed by atoms with E-state index in [2.05, 4.69) is 21.6 Å². The van der Waals surface area contributed by atoms with Gasteiger partial charge in [0.1, 0.15) is 17.5 Å². The molecule has 2 aromatic rings. The summed E-state index contributed by atoms with van der Waals surface area (Å²) in [5.41, 5.74) is 3.56. The van der Waals surface area contributed by atoms with Crippen LogP contribution < -0.4 is 5.32 Å². The second-order valence-electron chi connectivity index (χ2n) is 4.28. The molecule has 2 aromatic heterocycles. The number of rotatable bonds is 3. The standard InChI is InChI=1S/C12H16N6/c1-8-11(5-13)12(18(4)16-8)14-6-10-7-15-17(3)9(10)2/h7,14H,6H2,1-4H3. The third-order valence-corrected chi connectivity index (χ3v) is 3.12. The highest BCUT2D eigenvalue weighted by atomic mass is 15.3. The van der Waals surface area contributed by atoms with E-state index in [9.17, 15) is 0 Å². The van der Waals surface area contributed by atoms with Crippen LogP contribution in [0.25, 0.3) is 0 Å². The Morgan fingerprint density at radius 3 is 2.61 bits per heavy atom. The average Bonchev–Trinajstić information content (AvgIpc) is 2.78. The van der Waals surface area contributed by atoms with E-state index in [4.69, 9.17) is 5.26 Å². The summed E-state index contributed by atoms with van der Waals surface area (Å²) >= 11 is 0. The summed E-state index contributed by atoms with van der Waals surface area (Å²) in [6.07, 6.45) is 1.83. The molecule has 2 heterocycles. The van der Waals surface area contributed by atoms with Gasteiger partial charge in [0.15, 0.2) is 0 Å². The zero-order valence-electron chi connectivity index (χ0n) is 11.0. The van der Waals surface area contributed by atoms with Crippen LogP contribution in [0.2, 0.25) is 0 Å². The Morgan fingerprint density at radius 1 is 1.33 bits per heavy atom. The number of nitrogens with one attached hydrogen (secondary N) is 1. The maximum absolute atomic E-state index is 9.11. The third kappa shape index (κ3) is 1.95. The molecule has 94 valence electrons. The maximum Gasteiger partial charge on any atom is 0.142 e. The lowest BCUT2D eigenvalue weighted by molar-refractivity contribution is 0.737. The maximum atomic E-state index is 9.11. The van der Waals surface area contributed by atoms with Crippen molar-refractivity contribution in [2.45, 2.75) is 20.4 Å². The van der Waals surface area contributed by atoms with Crippen LogP contribution in [0.4, 0.5) is 5.82 Å². The van der Waals surface area contributed by atoms with E-state index in [1.807, 2.05) is 38.8 Å². The SMILES string of the molecule is Cc1nn(C)c(NCc2cnn(C)c2C)c1C#N. The first-order chi connectivity index (χ1) is 8.54. The van der Waals surface area contributed by atoms with Gasteiger partial charge in [-0.1, -0.05) is 0 Å². The number of nitriles is 1. The fourth-order valence-corrected chi connectivity index (χ4v) is 1.89. The van der Waals surface area contributed by atoms with Crippen LogP contribution in [0.5, 0.6) is 0 Å². The highest BCUT2D eigenvalue weighted by Gasteiger charge is 2.13. The van der Waals surface area contributed by atoms with E-state index < -0.39 is 0 Å². The van der Waals surface area contributed by atoms with Crippen LogP contribution in [-0.4, -0.2) is 19.6 Å². The van der Waals surface area contributed by atoms with Gasteiger partial charge in [-0.15, -0.1) is 0 Å². The number of aryl methyl sites for hydroxylation is 3. The summed E-state index contributed by atoms with van der Waals surface area (Å²) in [6, 6.07) is 2.17. The van der Waals surface area contributed by atoms with Gasteiger partial charge in [0.2, 0.25) is 0 Å². The molecule has 0 bridgehead atoms. The molecule has 0 aliphatic rings. The molecule has 0 spiro atoms. The van der Waals surface area contributed by atoms with Crippen molar-refractivity contribution in [2.75, 3.05) is 5.32 Å². The highest BCUT2D eigenvalue weighted by Crippen LogP contribution is 2.18. The number of nitrogens with zero attached hydrogens (tertiary/aromatic N) is 5. The first kappa shape index (κ1) is 12.2. The summed E-state index contributed by atoms with van der Waals surface area (Å²) in [6.45, 7) is 4.48. The smallest absolute Gasteiger partial charge is 0.142 e. The largest absolute Gasteiger partial charge is 0.365 e. The Kier molecular flexibility index (Phi) is 3.06. The van der Waals surface area contributed by atoms with Crippen molar-refractivity contribution in [3.63, 3.8) is 0 Å². The van der Waals surface area contributed by atoms with Gasteiger partial charge < -0.3 is 5.32 Å². The molecule has 0 radical (unpaired) electrons. The molecule has 18 heavy (non-hydrogen) atoms. The number of aromatic nitrogens is 4. The molecule has 0 atom stereocenters. The second kappa shape index (κ2) is 4.53. The van der Waals surface area contributed by atoms with E-state index in [-0.39, 0.29) is 0 Å². The van der Waals surface area contributed by atoms with Gasteiger partial charge in [0, 0.05) is 31.9 Å². The molecule has 0 saturated heterocycles. The topological polar surface area (TPSA) is 71.5 Å². The minimum absolute atomic E-state index is 0.596. The van der Waals surface area contributed by atoms with Crippen molar-refractivity contribution in [2.24, 2.45) is 14.1 Å². The van der Waals surface area contributed by atoms with Crippen LogP contribution >= 0.6 is 0 Å². The Bertz CT molecular complexity index is 613. The Hall–Kier alpha value is -2.29. The molecular weight excluding hydrogens is 228 g/mol. The minimum atomic E-state index is 0.596. The first-order valence-corrected chi connectivity index (χ1v) is 5.69.